The van der Waals surface area contributed by atoms with Gasteiger partial charge in [-0.25, -0.2) is 8.42 Å². The van der Waals surface area contributed by atoms with Gasteiger partial charge in [-0.1, -0.05) is 43.2 Å². The lowest BCUT2D eigenvalue weighted by atomic mass is 10.0. The number of para-hydroxylation sites is 1. The van der Waals surface area contributed by atoms with Crippen LogP contribution in [0.3, 0.4) is 0 Å². The first kappa shape index (κ1) is 34.8. The number of carbonyl (C=O) groups excluding carboxylic acids is 3. The maximum atomic E-state index is 14.5. The molecule has 3 heterocycles. The van der Waals surface area contributed by atoms with Crippen LogP contribution in [0.4, 0.5) is 5.69 Å². The maximum absolute atomic E-state index is 14.5. The average molecular weight is 716 g/mol. The summed E-state index contributed by atoms with van der Waals surface area (Å²) >= 11 is 0. The van der Waals surface area contributed by atoms with Crippen molar-refractivity contribution in [3.8, 4) is 11.5 Å². The van der Waals surface area contributed by atoms with Crippen LogP contribution < -0.4 is 24.8 Å². The second-order valence-electron chi connectivity index (χ2n) is 14.5. The Morgan fingerprint density at radius 3 is 2.63 bits per heavy atom. The fourth-order valence-corrected chi connectivity index (χ4v) is 8.51. The third kappa shape index (κ3) is 7.13. The quantitative estimate of drug-likeness (QED) is 0.287. The normalized spacial score (nSPS) is 27.6. The van der Waals surface area contributed by atoms with Gasteiger partial charge in [0.15, 0.2) is 0 Å². The number of hydrogen-bond acceptors (Lipinski definition) is 9. The van der Waals surface area contributed by atoms with Crippen LogP contribution in [0.5, 0.6) is 11.5 Å². The first-order valence-electron chi connectivity index (χ1n) is 17.8. The molecule has 4 aliphatic rings. The lowest BCUT2D eigenvalue weighted by Crippen LogP contribution is -2.58. The van der Waals surface area contributed by atoms with Gasteiger partial charge in [-0.2, -0.15) is 0 Å². The lowest BCUT2D eigenvalue weighted by Gasteiger charge is -2.30. The summed E-state index contributed by atoms with van der Waals surface area (Å²) in [6.45, 7) is 1.75. The molecule has 13 heteroatoms. The Labute approximate surface area is 298 Å². The number of sulfonamides is 1. The molecule has 0 spiro atoms. The van der Waals surface area contributed by atoms with E-state index in [0.29, 0.717) is 36.3 Å². The molecule has 51 heavy (non-hydrogen) atoms. The molecule has 3 aromatic rings. The molecule has 3 fully saturated rings. The largest absolute Gasteiger partial charge is 0.497 e. The summed E-state index contributed by atoms with van der Waals surface area (Å²) in [6.07, 6.45) is 10.3. The third-order valence-corrected chi connectivity index (χ3v) is 13.0. The van der Waals surface area contributed by atoms with E-state index in [1.165, 1.54) is 0 Å². The van der Waals surface area contributed by atoms with Crippen molar-refractivity contribution < 1.29 is 32.3 Å². The van der Waals surface area contributed by atoms with E-state index in [0.717, 1.165) is 36.8 Å². The van der Waals surface area contributed by atoms with Crippen molar-refractivity contribution in [3.63, 3.8) is 0 Å². The van der Waals surface area contributed by atoms with E-state index >= 15 is 0 Å². The minimum atomic E-state index is -3.94. The van der Waals surface area contributed by atoms with E-state index < -0.39 is 50.3 Å². The zero-order valence-corrected chi connectivity index (χ0v) is 29.8. The molecule has 0 bridgehead atoms. The number of aromatic nitrogens is 1. The summed E-state index contributed by atoms with van der Waals surface area (Å²) in [5.74, 6) is -0.661. The molecule has 2 aromatic carbocycles. The SMILES string of the molecule is COc1ccc2c(O[C@@H]3C[C@H]4C(=O)N[C@]5(C(=O)NS(=O)(=O)C6(C)CC6)C[C@H]5C=CCCCCC[C@H](Nc5ccccc5)C(=O)N4C3)ccnc2c1. The molecule has 1 saturated heterocycles. The number of amides is 3. The third-order valence-electron chi connectivity index (χ3n) is 10.8. The smallest absolute Gasteiger partial charge is 0.259 e. The van der Waals surface area contributed by atoms with Crippen LogP contribution >= 0.6 is 0 Å². The van der Waals surface area contributed by atoms with Gasteiger partial charge < -0.3 is 25.0 Å². The van der Waals surface area contributed by atoms with Crippen molar-refractivity contribution in [3.05, 3.63) is 72.9 Å². The minimum absolute atomic E-state index is 0.138. The van der Waals surface area contributed by atoms with Crippen molar-refractivity contribution in [2.75, 3.05) is 19.0 Å². The van der Waals surface area contributed by atoms with Crippen molar-refractivity contribution in [2.24, 2.45) is 5.92 Å². The van der Waals surface area contributed by atoms with Crippen LogP contribution in [0.25, 0.3) is 10.9 Å². The van der Waals surface area contributed by atoms with Gasteiger partial charge >= 0.3 is 0 Å². The van der Waals surface area contributed by atoms with Gasteiger partial charge in [0.2, 0.25) is 21.8 Å². The minimum Gasteiger partial charge on any atom is -0.497 e. The lowest BCUT2D eigenvalue weighted by molar-refractivity contribution is -0.140. The topological polar surface area (TPSA) is 156 Å². The second kappa shape index (κ2) is 13.8. The van der Waals surface area contributed by atoms with Gasteiger partial charge in [0, 0.05) is 35.7 Å². The molecule has 3 N–H and O–H groups in total. The summed E-state index contributed by atoms with van der Waals surface area (Å²) in [4.78, 5) is 48.8. The molecule has 270 valence electrons. The fraction of sp³-hybridized carbons (Fsp3) is 0.474. The van der Waals surface area contributed by atoms with Gasteiger partial charge in [0.25, 0.3) is 5.91 Å². The molecular formula is C38H45N5O7S. The van der Waals surface area contributed by atoms with Crippen molar-refractivity contribution >= 4 is 44.3 Å². The number of carbonyl (C=O) groups is 3. The van der Waals surface area contributed by atoms with Gasteiger partial charge in [-0.05, 0) is 75.8 Å². The standard InChI is InChI=1S/C38H45N5O7S/c1-37(18-19-37)51(47,48)42-36(46)38-23-25(38)11-7-4-3-5-10-14-30(40-26-12-8-6-9-13-26)35(45)43-24-28(22-32(43)34(44)41-38)50-33-17-20-39-31-21-27(49-2)15-16-29(31)33/h6-9,11-13,15-17,20-21,25,28,30,32,40H,3-5,10,14,18-19,22-24H2,1-2H3,(H,41,44)(H,42,46)/t25-,28-,30+,32+,38-/m1/s1. The molecule has 1 aromatic heterocycles. The average Bonchev–Trinajstić information content (AvgIpc) is 4.00. The van der Waals surface area contributed by atoms with Gasteiger partial charge in [-0.15, -0.1) is 0 Å². The summed E-state index contributed by atoms with van der Waals surface area (Å²) < 4.78 is 39.4. The highest BCUT2D eigenvalue weighted by Gasteiger charge is 2.63. The molecule has 2 aliphatic heterocycles. The molecule has 3 amide bonds. The summed E-state index contributed by atoms with van der Waals surface area (Å²) in [5.41, 5.74) is 0.0312. The summed E-state index contributed by atoms with van der Waals surface area (Å²) in [7, 11) is -2.35. The maximum Gasteiger partial charge on any atom is 0.259 e. The number of rotatable bonds is 8. The fourth-order valence-electron chi connectivity index (χ4n) is 7.19. The number of nitrogens with zero attached hydrogens (tertiary/aromatic N) is 2. The Bertz CT molecular complexity index is 1950. The van der Waals surface area contributed by atoms with Crippen LogP contribution in [0.1, 0.15) is 64.7 Å². The Balaban J connectivity index is 1.20. The van der Waals surface area contributed by atoms with E-state index in [2.05, 4.69) is 20.3 Å². The van der Waals surface area contributed by atoms with E-state index in [9.17, 15) is 22.8 Å². The first-order valence-corrected chi connectivity index (χ1v) is 19.3. The molecule has 12 nitrogen and oxygen atoms in total. The Hall–Kier alpha value is -4.65. The summed E-state index contributed by atoms with van der Waals surface area (Å²) in [6, 6.07) is 15.2. The zero-order valence-electron chi connectivity index (χ0n) is 29.0. The van der Waals surface area contributed by atoms with Crippen LogP contribution in [-0.4, -0.2) is 78.2 Å². The molecule has 2 saturated carbocycles. The molecule has 5 atom stereocenters. The summed E-state index contributed by atoms with van der Waals surface area (Å²) in [5, 5.41) is 7.12. The van der Waals surface area contributed by atoms with Crippen LogP contribution in [-0.2, 0) is 24.4 Å². The highest BCUT2D eigenvalue weighted by molar-refractivity contribution is 7.91. The number of fused-ring (bicyclic) bond motifs is 3. The predicted octanol–water partition coefficient (Wildman–Crippen LogP) is 4.47. The monoisotopic (exact) mass is 715 g/mol. The van der Waals surface area contributed by atoms with Crippen molar-refractivity contribution in [1.29, 1.82) is 0 Å². The Kier molecular flexibility index (Phi) is 9.42. The van der Waals surface area contributed by atoms with E-state index in [-0.39, 0.29) is 31.2 Å². The number of nitrogens with one attached hydrogen (secondary N) is 3. The number of benzene rings is 2. The number of allylic oxidation sites excluding steroid dienone is 1. The van der Waals surface area contributed by atoms with Gasteiger partial charge in [-0.3, -0.25) is 24.1 Å². The molecule has 7 rings (SSSR count). The second-order valence-corrected chi connectivity index (χ2v) is 16.7. The van der Waals surface area contributed by atoms with E-state index in [4.69, 9.17) is 9.47 Å². The van der Waals surface area contributed by atoms with Crippen molar-refractivity contribution in [1.82, 2.24) is 19.9 Å². The van der Waals surface area contributed by atoms with Gasteiger partial charge in [0.05, 0.1) is 23.9 Å². The number of hydrogen-bond donors (Lipinski definition) is 3. The Morgan fingerprint density at radius 2 is 1.86 bits per heavy atom. The zero-order chi connectivity index (χ0) is 35.8. The molecular weight excluding hydrogens is 671 g/mol. The number of ether oxygens (including phenoxy) is 2. The number of methoxy groups -OCH3 is 1. The first-order chi connectivity index (χ1) is 24.5. The van der Waals surface area contributed by atoms with Crippen LogP contribution in [0.2, 0.25) is 0 Å². The molecule has 0 radical (unpaired) electrons. The van der Waals surface area contributed by atoms with E-state index in [1.54, 1.807) is 31.2 Å². The molecule has 2 aliphatic carbocycles. The number of pyridine rings is 1. The Morgan fingerprint density at radius 1 is 1.06 bits per heavy atom. The van der Waals surface area contributed by atoms with E-state index in [1.807, 2.05) is 60.7 Å². The van der Waals surface area contributed by atoms with Crippen LogP contribution in [0.15, 0.2) is 72.9 Å². The predicted molar refractivity (Wildman–Crippen MR) is 193 cm³/mol. The van der Waals surface area contributed by atoms with Gasteiger partial charge in [0.1, 0.15) is 35.2 Å². The van der Waals surface area contributed by atoms with Crippen LogP contribution in [0, 0.1) is 5.92 Å². The van der Waals surface area contributed by atoms with Crippen molar-refractivity contribution in [2.45, 2.75) is 93.2 Å². The molecule has 0 unspecified atom stereocenters. The number of anilines is 1. The highest BCUT2D eigenvalue weighted by Crippen LogP contribution is 2.47. The highest BCUT2D eigenvalue weighted by atomic mass is 32.2.